The number of aryl methyl sites for hydroxylation is 1. The number of benzene rings is 2. The van der Waals surface area contributed by atoms with Crippen LogP contribution in [0.1, 0.15) is 16.8 Å². The molecule has 0 aliphatic rings. The van der Waals surface area contributed by atoms with Gasteiger partial charge in [-0.05, 0) is 24.6 Å². The highest BCUT2D eigenvalue weighted by atomic mass is 35.5. The standard InChI is InChI=1S/C20H14Cl2N4O2S.CO2/c1-12-15(8-14-4-2-3-5-19(14)26(27)28)10-25(24-12)20-23-18(11-29-20)13-6-7-16(21)17(22)9-13;2-1-3/h2-7,9-11H,8H2,1H3;. The minimum Gasteiger partial charge on any atom is -0.258 e. The molecule has 11 heteroatoms. The van der Waals surface area contributed by atoms with Gasteiger partial charge in [-0.1, -0.05) is 47.5 Å². The number of carbonyl (C=O) groups excluding carboxylic acids is 2. The van der Waals surface area contributed by atoms with Crippen LogP contribution in [0.5, 0.6) is 0 Å². The van der Waals surface area contributed by atoms with Gasteiger partial charge in [-0.2, -0.15) is 14.7 Å². The van der Waals surface area contributed by atoms with Gasteiger partial charge in [0.1, 0.15) is 0 Å². The van der Waals surface area contributed by atoms with Gasteiger partial charge in [0.2, 0.25) is 5.13 Å². The van der Waals surface area contributed by atoms with Crippen LogP contribution >= 0.6 is 34.5 Å². The van der Waals surface area contributed by atoms with E-state index in [1.165, 1.54) is 17.4 Å². The smallest absolute Gasteiger partial charge is 0.258 e. The third-order valence-corrected chi connectivity index (χ3v) is 6.04. The second-order valence-corrected chi connectivity index (χ2v) is 8.13. The van der Waals surface area contributed by atoms with E-state index in [-0.39, 0.29) is 16.8 Å². The van der Waals surface area contributed by atoms with Gasteiger partial charge < -0.3 is 0 Å². The zero-order valence-electron chi connectivity index (χ0n) is 16.5. The molecule has 0 unspecified atom stereocenters. The first-order valence-electron chi connectivity index (χ1n) is 9.02. The molecule has 4 aromatic rings. The van der Waals surface area contributed by atoms with Crippen LogP contribution in [-0.2, 0) is 16.0 Å². The summed E-state index contributed by atoms with van der Waals surface area (Å²) in [5, 5.41) is 19.4. The first kappa shape index (κ1) is 23.3. The van der Waals surface area contributed by atoms with E-state index in [0.29, 0.717) is 27.2 Å². The molecule has 0 N–H and O–H groups in total. The van der Waals surface area contributed by atoms with Gasteiger partial charge in [-0.3, -0.25) is 10.1 Å². The maximum absolute atomic E-state index is 11.3. The molecule has 162 valence electrons. The summed E-state index contributed by atoms with van der Waals surface area (Å²) < 4.78 is 1.70. The van der Waals surface area contributed by atoms with E-state index in [2.05, 4.69) is 10.1 Å². The molecular formula is C21H14Cl2N4O4S. The quantitative estimate of drug-likeness (QED) is 0.270. The molecule has 0 amide bonds. The van der Waals surface area contributed by atoms with Crippen LogP contribution in [-0.4, -0.2) is 25.8 Å². The molecule has 2 aromatic heterocycles. The summed E-state index contributed by atoms with van der Waals surface area (Å²) in [5.41, 5.74) is 4.11. The van der Waals surface area contributed by atoms with Crippen LogP contribution in [0, 0.1) is 17.0 Å². The van der Waals surface area contributed by atoms with Gasteiger partial charge >= 0.3 is 6.15 Å². The summed E-state index contributed by atoms with van der Waals surface area (Å²) in [6, 6.07) is 12.1. The number of rotatable bonds is 5. The Morgan fingerprint density at radius 3 is 2.53 bits per heavy atom. The van der Waals surface area contributed by atoms with Crippen LogP contribution in [0.2, 0.25) is 10.0 Å². The fraction of sp³-hybridized carbons (Fsp3) is 0.0952. The van der Waals surface area contributed by atoms with Crippen LogP contribution in [0.4, 0.5) is 5.69 Å². The molecule has 8 nitrogen and oxygen atoms in total. The number of halogens is 2. The predicted molar refractivity (Wildman–Crippen MR) is 120 cm³/mol. The van der Waals surface area contributed by atoms with E-state index in [0.717, 1.165) is 22.5 Å². The molecule has 0 bridgehead atoms. The molecule has 0 atom stereocenters. The van der Waals surface area contributed by atoms with Crippen molar-refractivity contribution in [1.82, 2.24) is 14.8 Å². The van der Waals surface area contributed by atoms with Crippen molar-refractivity contribution in [2.24, 2.45) is 0 Å². The van der Waals surface area contributed by atoms with E-state index in [1.54, 1.807) is 35.0 Å². The van der Waals surface area contributed by atoms with Crippen LogP contribution in [0.3, 0.4) is 0 Å². The average molecular weight is 489 g/mol. The van der Waals surface area contributed by atoms with Gasteiger partial charge in [-0.25, -0.2) is 9.67 Å². The Bertz CT molecular complexity index is 1310. The number of nitro groups is 1. The van der Waals surface area contributed by atoms with E-state index in [9.17, 15) is 10.1 Å². The second-order valence-electron chi connectivity index (χ2n) is 6.47. The Labute approximate surface area is 196 Å². The summed E-state index contributed by atoms with van der Waals surface area (Å²) in [6.45, 7) is 1.88. The SMILES string of the molecule is Cc1nn(-c2nc(-c3ccc(Cl)c(Cl)c3)cs2)cc1Cc1ccccc1[N+](=O)[O-].O=C=O. The fourth-order valence-electron chi connectivity index (χ4n) is 2.97. The van der Waals surface area contributed by atoms with Gasteiger partial charge in [0.25, 0.3) is 5.69 Å². The van der Waals surface area contributed by atoms with Crippen molar-refractivity contribution in [2.75, 3.05) is 0 Å². The minimum atomic E-state index is -0.362. The van der Waals surface area contributed by atoms with Gasteiger partial charge in [0, 0.05) is 35.2 Å². The molecule has 0 radical (unpaired) electrons. The van der Waals surface area contributed by atoms with Gasteiger partial charge in [0.15, 0.2) is 0 Å². The van der Waals surface area contributed by atoms with Crippen molar-refractivity contribution >= 4 is 46.4 Å². The molecule has 0 fully saturated rings. The molecule has 2 heterocycles. The van der Waals surface area contributed by atoms with Crippen molar-refractivity contribution in [1.29, 1.82) is 0 Å². The Morgan fingerprint density at radius 1 is 1.12 bits per heavy atom. The third-order valence-electron chi connectivity index (χ3n) is 4.47. The summed E-state index contributed by atoms with van der Waals surface area (Å²) in [7, 11) is 0. The van der Waals surface area contributed by atoms with Crippen molar-refractivity contribution in [3.05, 3.63) is 91.0 Å². The van der Waals surface area contributed by atoms with E-state index in [1.807, 2.05) is 24.6 Å². The Morgan fingerprint density at radius 2 is 1.84 bits per heavy atom. The molecule has 0 spiro atoms. The summed E-state index contributed by atoms with van der Waals surface area (Å²) in [5.74, 6) is 0. The molecule has 2 aromatic carbocycles. The molecule has 4 rings (SSSR count). The molecule has 32 heavy (non-hydrogen) atoms. The van der Waals surface area contributed by atoms with Gasteiger partial charge in [-0.15, -0.1) is 11.3 Å². The third kappa shape index (κ3) is 5.27. The molecule has 0 saturated carbocycles. The van der Waals surface area contributed by atoms with E-state index < -0.39 is 0 Å². The lowest BCUT2D eigenvalue weighted by Crippen LogP contribution is -1.96. The normalized spacial score (nSPS) is 10.2. The van der Waals surface area contributed by atoms with E-state index >= 15 is 0 Å². The maximum Gasteiger partial charge on any atom is 0.373 e. The second kappa shape index (κ2) is 10.3. The molecule has 0 aliphatic carbocycles. The number of para-hydroxylation sites is 1. The summed E-state index contributed by atoms with van der Waals surface area (Å²) in [6.07, 6.45) is 2.54. The fourth-order valence-corrected chi connectivity index (χ4v) is 4.02. The zero-order chi connectivity index (χ0) is 23.3. The minimum absolute atomic E-state index is 0.107. The lowest BCUT2D eigenvalue weighted by molar-refractivity contribution is -0.385. The van der Waals surface area contributed by atoms with E-state index in [4.69, 9.17) is 32.8 Å². The number of aromatic nitrogens is 3. The summed E-state index contributed by atoms with van der Waals surface area (Å²) in [4.78, 5) is 31.8. The largest absolute Gasteiger partial charge is 0.373 e. The van der Waals surface area contributed by atoms with Crippen molar-refractivity contribution in [2.45, 2.75) is 13.3 Å². The van der Waals surface area contributed by atoms with Crippen molar-refractivity contribution in [3.8, 4) is 16.4 Å². The number of hydrogen-bond acceptors (Lipinski definition) is 7. The lowest BCUT2D eigenvalue weighted by atomic mass is 10.0. The predicted octanol–water partition coefficient (Wildman–Crippen LogP) is 5.53. The monoisotopic (exact) mass is 488 g/mol. The highest BCUT2D eigenvalue weighted by Gasteiger charge is 2.16. The van der Waals surface area contributed by atoms with Crippen LogP contribution in [0.15, 0.2) is 54.0 Å². The number of thiazole rings is 1. The Balaban J connectivity index is 0.000000913. The Hall–Kier alpha value is -3.36. The molecule has 0 aliphatic heterocycles. The molecular weight excluding hydrogens is 475 g/mol. The highest BCUT2D eigenvalue weighted by molar-refractivity contribution is 7.12. The van der Waals surface area contributed by atoms with Crippen molar-refractivity contribution in [3.63, 3.8) is 0 Å². The maximum atomic E-state index is 11.3. The number of hydrogen-bond donors (Lipinski definition) is 0. The Kier molecular flexibility index (Phi) is 7.50. The zero-order valence-corrected chi connectivity index (χ0v) is 18.8. The van der Waals surface area contributed by atoms with Crippen LogP contribution < -0.4 is 0 Å². The number of nitro benzene ring substituents is 1. The van der Waals surface area contributed by atoms with Crippen molar-refractivity contribution < 1.29 is 14.5 Å². The first-order chi connectivity index (χ1) is 15.3. The first-order valence-corrected chi connectivity index (χ1v) is 10.7. The highest BCUT2D eigenvalue weighted by Crippen LogP contribution is 2.30. The average Bonchev–Trinajstić information content (AvgIpc) is 3.38. The molecule has 0 saturated heterocycles. The lowest BCUT2D eigenvalue weighted by Gasteiger charge is -2.01. The summed E-state index contributed by atoms with van der Waals surface area (Å²) >= 11 is 13.5. The number of nitrogens with zero attached hydrogens (tertiary/aromatic N) is 4. The van der Waals surface area contributed by atoms with Crippen LogP contribution in [0.25, 0.3) is 16.4 Å². The topological polar surface area (TPSA) is 108 Å². The van der Waals surface area contributed by atoms with Gasteiger partial charge in [0.05, 0.1) is 26.4 Å².